The van der Waals surface area contributed by atoms with E-state index >= 15 is 0 Å². The van der Waals surface area contributed by atoms with E-state index in [9.17, 15) is 0 Å². The number of hydrogen-bond donors (Lipinski definition) is 1. The fraction of sp³-hybridized carbons (Fsp3) is 0.0182. The number of nitrogens with one attached hydrogen (secondary N) is 1. The highest BCUT2D eigenvalue weighted by atomic mass is 16.3. The summed E-state index contributed by atoms with van der Waals surface area (Å²) in [7, 11) is 0. The molecule has 60 heavy (non-hydrogen) atoms. The minimum absolute atomic E-state index is 0.446. The van der Waals surface area contributed by atoms with E-state index < -0.39 is 6.17 Å². The monoisotopic (exact) mass is 769 g/mol. The second-order valence-corrected chi connectivity index (χ2v) is 15.4. The Morgan fingerprint density at radius 2 is 0.967 bits per heavy atom. The van der Waals surface area contributed by atoms with Gasteiger partial charge in [0.1, 0.15) is 34.3 Å². The highest BCUT2D eigenvalue weighted by Gasteiger charge is 2.26. The molecule has 0 aliphatic carbocycles. The molecule has 2 aromatic heterocycles. The van der Waals surface area contributed by atoms with Gasteiger partial charge >= 0.3 is 0 Å². The molecule has 5 nitrogen and oxygen atoms in total. The molecular weight excluding hydrogens is 735 g/mol. The first-order valence-electron chi connectivity index (χ1n) is 20.2. The van der Waals surface area contributed by atoms with Crippen molar-refractivity contribution in [3.8, 4) is 33.4 Å². The van der Waals surface area contributed by atoms with E-state index in [-0.39, 0.29) is 0 Å². The molecule has 1 N–H and O–H groups in total. The summed E-state index contributed by atoms with van der Waals surface area (Å²) in [6, 6.07) is 69.9. The number of amidine groups is 2. The van der Waals surface area contributed by atoms with Gasteiger partial charge in [0.05, 0.1) is 0 Å². The third kappa shape index (κ3) is 5.78. The molecule has 1 aliphatic rings. The van der Waals surface area contributed by atoms with Crippen molar-refractivity contribution in [3.63, 3.8) is 0 Å². The fourth-order valence-electron chi connectivity index (χ4n) is 8.70. The van der Waals surface area contributed by atoms with Crippen LogP contribution in [0.2, 0.25) is 0 Å². The van der Waals surface area contributed by atoms with Gasteiger partial charge in [0, 0.05) is 43.8 Å². The molecule has 1 aliphatic heterocycles. The summed E-state index contributed by atoms with van der Waals surface area (Å²) in [6.07, 6.45) is -0.446. The molecule has 0 bridgehead atoms. The van der Waals surface area contributed by atoms with Crippen LogP contribution in [-0.4, -0.2) is 11.7 Å². The maximum absolute atomic E-state index is 6.92. The Labute approximate surface area is 345 Å². The molecule has 5 heteroatoms. The zero-order chi connectivity index (χ0) is 39.6. The molecule has 0 amide bonds. The molecule has 0 saturated carbocycles. The van der Waals surface area contributed by atoms with Gasteiger partial charge < -0.3 is 14.2 Å². The van der Waals surface area contributed by atoms with Crippen LogP contribution in [-0.2, 0) is 0 Å². The molecule has 11 aromatic rings. The summed E-state index contributed by atoms with van der Waals surface area (Å²) < 4.78 is 13.3. The SMILES string of the molecule is c1ccc(-c2ccc(C3=NC(c4ccc5c(c4)oc4ccccc45)NC(c4ccc(-c5ccc(-c6ccccc6)cc5)c5oc6cc7ccccc7cc6c45)=N3)cc2)cc1. The van der Waals surface area contributed by atoms with Crippen molar-refractivity contribution in [1.82, 2.24) is 5.32 Å². The number of fused-ring (bicyclic) bond motifs is 7. The molecule has 0 radical (unpaired) electrons. The average molecular weight is 770 g/mol. The van der Waals surface area contributed by atoms with E-state index in [1.807, 2.05) is 30.3 Å². The number of nitrogens with zero attached hydrogens (tertiary/aromatic N) is 2. The van der Waals surface area contributed by atoms with Crippen molar-refractivity contribution >= 4 is 66.3 Å². The smallest absolute Gasteiger partial charge is 0.159 e. The lowest BCUT2D eigenvalue weighted by molar-refractivity contribution is 0.655. The molecule has 0 spiro atoms. The first-order chi connectivity index (χ1) is 29.7. The lowest BCUT2D eigenvalue weighted by atomic mass is 9.95. The predicted octanol–water partition coefficient (Wildman–Crippen LogP) is 14.1. The summed E-state index contributed by atoms with van der Waals surface area (Å²) in [5.74, 6) is 1.36. The van der Waals surface area contributed by atoms with E-state index in [1.54, 1.807) is 0 Å². The van der Waals surface area contributed by atoms with E-state index in [0.29, 0.717) is 11.7 Å². The van der Waals surface area contributed by atoms with Crippen LogP contribution in [0.5, 0.6) is 0 Å². The molecule has 282 valence electrons. The third-order valence-corrected chi connectivity index (χ3v) is 11.8. The van der Waals surface area contributed by atoms with Crippen molar-refractivity contribution in [2.45, 2.75) is 6.17 Å². The molecule has 1 atom stereocenters. The number of para-hydroxylation sites is 1. The highest BCUT2D eigenvalue weighted by molar-refractivity contribution is 6.24. The summed E-state index contributed by atoms with van der Waals surface area (Å²) >= 11 is 0. The van der Waals surface area contributed by atoms with Gasteiger partial charge in [0.25, 0.3) is 0 Å². The quantitative estimate of drug-likeness (QED) is 0.183. The first kappa shape index (κ1) is 34.1. The summed E-state index contributed by atoms with van der Waals surface area (Å²) in [5.41, 5.74) is 12.9. The van der Waals surface area contributed by atoms with Crippen LogP contribution in [0.15, 0.2) is 219 Å². The second kappa shape index (κ2) is 13.8. The average Bonchev–Trinajstić information content (AvgIpc) is 3.89. The summed E-state index contributed by atoms with van der Waals surface area (Å²) in [4.78, 5) is 10.6. The van der Waals surface area contributed by atoms with Crippen molar-refractivity contribution in [3.05, 3.63) is 217 Å². The van der Waals surface area contributed by atoms with Gasteiger partial charge in [-0.3, -0.25) is 0 Å². The Morgan fingerprint density at radius 3 is 1.70 bits per heavy atom. The Balaban J connectivity index is 1.04. The maximum Gasteiger partial charge on any atom is 0.159 e. The van der Waals surface area contributed by atoms with Gasteiger partial charge in [-0.15, -0.1) is 0 Å². The third-order valence-electron chi connectivity index (χ3n) is 11.8. The zero-order valence-corrected chi connectivity index (χ0v) is 32.3. The highest BCUT2D eigenvalue weighted by Crippen LogP contribution is 2.41. The lowest BCUT2D eigenvalue weighted by Crippen LogP contribution is -2.33. The summed E-state index contributed by atoms with van der Waals surface area (Å²) in [6.45, 7) is 0. The Kier molecular flexibility index (Phi) is 7.85. The van der Waals surface area contributed by atoms with Crippen LogP contribution in [0.1, 0.15) is 22.9 Å². The normalized spacial score (nSPS) is 14.2. The summed E-state index contributed by atoms with van der Waals surface area (Å²) in [5, 5.41) is 10.2. The molecule has 0 saturated heterocycles. The largest absolute Gasteiger partial charge is 0.456 e. The van der Waals surface area contributed by atoms with Gasteiger partial charge in [0.15, 0.2) is 5.84 Å². The molecule has 3 heterocycles. The Bertz CT molecular complexity index is 3490. The number of hydrogen-bond acceptors (Lipinski definition) is 5. The Hall–Kier alpha value is -8.02. The second-order valence-electron chi connectivity index (χ2n) is 15.4. The van der Waals surface area contributed by atoms with Crippen LogP contribution in [0.25, 0.3) is 88.0 Å². The maximum atomic E-state index is 6.92. The number of aliphatic imine (C=N–C) groups is 2. The van der Waals surface area contributed by atoms with Gasteiger partial charge in [-0.2, -0.15) is 0 Å². The number of furan rings is 2. The standard InChI is InChI=1S/C55H35N3O2/c1-3-11-34(12-4-1)36-19-23-38(24-20-36)43-29-30-46(51-47-31-40-15-7-8-16-41(40)32-50(47)60-52(43)51)55-57-53(39-25-21-37(22-26-39)35-13-5-2-6-14-35)56-54(58-55)42-27-28-45-44-17-9-10-18-48(44)59-49(45)33-42/h1-33,54H,(H,56,57,58). The minimum Gasteiger partial charge on any atom is -0.456 e. The van der Waals surface area contributed by atoms with E-state index in [1.165, 1.54) is 11.1 Å². The van der Waals surface area contributed by atoms with Crippen LogP contribution >= 0.6 is 0 Å². The minimum atomic E-state index is -0.446. The van der Waals surface area contributed by atoms with Gasteiger partial charge in [-0.05, 0) is 75.0 Å². The predicted molar refractivity (Wildman–Crippen MR) is 247 cm³/mol. The van der Waals surface area contributed by atoms with E-state index in [4.69, 9.17) is 18.8 Å². The van der Waals surface area contributed by atoms with Gasteiger partial charge in [0.2, 0.25) is 0 Å². The Morgan fingerprint density at radius 1 is 0.400 bits per heavy atom. The van der Waals surface area contributed by atoms with Gasteiger partial charge in [-0.1, -0.05) is 164 Å². The lowest BCUT2D eigenvalue weighted by Gasteiger charge is -2.24. The van der Waals surface area contributed by atoms with Crippen LogP contribution < -0.4 is 5.32 Å². The van der Waals surface area contributed by atoms with E-state index in [2.05, 4.69) is 175 Å². The molecular formula is C55H35N3O2. The molecule has 0 fully saturated rings. The van der Waals surface area contributed by atoms with E-state index in [0.717, 1.165) is 93.6 Å². The van der Waals surface area contributed by atoms with Crippen molar-refractivity contribution in [1.29, 1.82) is 0 Å². The molecule has 1 unspecified atom stereocenters. The van der Waals surface area contributed by atoms with Gasteiger partial charge in [-0.25, -0.2) is 9.98 Å². The van der Waals surface area contributed by atoms with Crippen LogP contribution in [0.4, 0.5) is 0 Å². The topological polar surface area (TPSA) is 63.0 Å². The van der Waals surface area contributed by atoms with Crippen LogP contribution in [0.3, 0.4) is 0 Å². The van der Waals surface area contributed by atoms with Crippen molar-refractivity contribution in [2.75, 3.05) is 0 Å². The van der Waals surface area contributed by atoms with Crippen molar-refractivity contribution < 1.29 is 8.83 Å². The molecule has 9 aromatic carbocycles. The fourth-order valence-corrected chi connectivity index (χ4v) is 8.70. The zero-order valence-electron chi connectivity index (χ0n) is 32.3. The molecule has 12 rings (SSSR count). The number of rotatable bonds is 6. The first-order valence-corrected chi connectivity index (χ1v) is 20.2. The van der Waals surface area contributed by atoms with Crippen LogP contribution in [0, 0.1) is 0 Å². The number of benzene rings is 9. The van der Waals surface area contributed by atoms with Crippen molar-refractivity contribution in [2.24, 2.45) is 9.98 Å².